The molecule has 22 heavy (non-hydrogen) atoms. The van der Waals surface area contributed by atoms with Crippen LogP contribution < -0.4 is 4.74 Å². The van der Waals surface area contributed by atoms with E-state index in [-0.39, 0.29) is 17.6 Å². The fourth-order valence-electron chi connectivity index (χ4n) is 2.64. The van der Waals surface area contributed by atoms with Crippen LogP contribution in [-0.2, 0) is 0 Å². The van der Waals surface area contributed by atoms with Crippen molar-refractivity contribution in [3.05, 3.63) is 18.2 Å². The zero-order valence-corrected chi connectivity index (χ0v) is 14.2. The summed E-state index contributed by atoms with van der Waals surface area (Å²) >= 11 is 0. The van der Waals surface area contributed by atoms with Gasteiger partial charge in [-0.2, -0.15) is 0 Å². The molecule has 1 rings (SSSR count). The van der Waals surface area contributed by atoms with Crippen LogP contribution in [-0.4, -0.2) is 16.3 Å². The SMILES string of the molecule is CCCCCCCCCCC(CC)Oc1cccc(O)c1O. The van der Waals surface area contributed by atoms with Crippen molar-refractivity contribution in [1.82, 2.24) is 0 Å². The molecule has 1 atom stereocenters. The van der Waals surface area contributed by atoms with Crippen molar-refractivity contribution in [3.63, 3.8) is 0 Å². The van der Waals surface area contributed by atoms with Gasteiger partial charge in [-0.25, -0.2) is 0 Å². The van der Waals surface area contributed by atoms with Gasteiger partial charge in [-0.1, -0.05) is 64.9 Å². The molecule has 0 amide bonds. The van der Waals surface area contributed by atoms with E-state index in [0.717, 1.165) is 19.3 Å². The number of aromatic hydroxyl groups is 2. The van der Waals surface area contributed by atoms with Crippen LogP contribution in [0.2, 0.25) is 0 Å². The number of benzene rings is 1. The van der Waals surface area contributed by atoms with Crippen LogP contribution in [0.5, 0.6) is 17.2 Å². The summed E-state index contributed by atoms with van der Waals surface area (Å²) in [6, 6.07) is 4.85. The second kappa shape index (κ2) is 11.2. The Kier molecular flexibility index (Phi) is 9.52. The summed E-state index contributed by atoms with van der Waals surface area (Å²) in [5, 5.41) is 19.3. The Labute approximate surface area is 135 Å². The van der Waals surface area contributed by atoms with Crippen molar-refractivity contribution >= 4 is 0 Å². The van der Waals surface area contributed by atoms with E-state index in [4.69, 9.17) is 4.74 Å². The van der Waals surface area contributed by atoms with E-state index < -0.39 is 0 Å². The minimum Gasteiger partial charge on any atom is -0.504 e. The molecule has 0 radical (unpaired) electrons. The van der Waals surface area contributed by atoms with E-state index >= 15 is 0 Å². The van der Waals surface area contributed by atoms with Crippen molar-refractivity contribution in [1.29, 1.82) is 0 Å². The molecule has 0 aromatic heterocycles. The molecule has 1 aromatic carbocycles. The number of unbranched alkanes of at least 4 members (excludes halogenated alkanes) is 7. The van der Waals surface area contributed by atoms with E-state index in [1.54, 1.807) is 12.1 Å². The molecule has 0 saturated carbocycles. The highest BCUT2D eigenvalue weighted by Crippen LogP contribution is 2.35. The largest absolute Gasteiger partial charge is 0.504 e. The summed E-state index contributed by atoms with van der Waals surface area (Å²) in [5.74, 6) is 0.0997. The first-order valence-corrected chi connectivity index (χ1v) is 8.86. The molecule has 0 aliphatic heterocycles. The molecule has 1 unspecified atom stereocenters. The summed E-state index contributed by atoms with van der Waals surface area (Å²) < 4.78 is 5.82. The summed E-state index contributed by atoms with van der Waals surface area (Å²) in [6.07, 6.45) is 12.5. The van der Waals surface area contributed by atoms with Crippen molar-refractivity contribution in [2.45, 2.75) is 84.2 Å². The van der Waals surface area contributed by atoms with Crippen LogP contribution >= 0.6 is 0 Å². The van der Waals surface area contributed by atoms with Gasteiger partial charge in [0.1, 0.15) is 0 Å². The second-order valence-corrected chi connectivity index (χ2v) is 6.04. The van der Waals surface area contributed by atoms with Crippen molar-refractivity contribution in [2.24, 2.45) is 0 Å². The lowest BCUT2D eigenvalue weighted by Crippen LogP contribution is -2.15. The maximum absolute atomic E-state index is 9.78. The van der Waals surface area contributed by atoms with Gasteiger partial charge in [0.25, 0.3) is 0 Å². The van der Waals surface area contributed by atoms with E-state index in [0.29, 0.717) is 5.75 Å². The Morgan fingerprint density at radius 3 is 2.18 bits per heavy atom. The molecule has 3 nitrogen and oxygen atoms in total. The Bertz CT molecular complexity index is 404. The van der Waals surface area contributed by atoms with E-state index in [2.05, 4.69) is 13.8 Å². The second-order valence-electron chi connectivity index (χ2n) is 6.04. The van der Waals surface area contributed by atoms with Crippen LogP contribution in [0.25, 0.3) is 0 Å². The maximum atomic E-state index is 9.78. The smallest absolute Gasteiger partial charge is 0.200 e. The van der Waals surface area contributed by atoms with Crippen molar-refractivity contribution in [3.8, 4) is 17.2 Å². The minimum atomic E-state index is -0.156. The molecule has 126 valence electrons. The third-order valence-electron chi connectivity index (χ3n) is 4.11. The zero-order valence-electron chi connectivity index (χ0n) is 14.2. The van der Waals surface area contributed by atoms with Crippen molar-refractivity contribution < 1.29 is 14.9 Å². The molecule has 0 spiro atoms. The minimum absolute atomic E-state index is 0.104. The maximum Gasteiger partial charge on any atom is 0.200 e. The highest BCUT2D eigenvalue weighted by molar-refractivity contribution is 5.48. The van der Waals surface area contributed by atoms with Gasteiger partial charge < -0.3 is 14.9 Å². The lowest BCUT2D eigenvalue weighted by atomic mass is 10.0. The fraction of sp³-hybridized carbons (Fsp3) is 0.684. The average molecular weight is 308 g/mol. The highest BCUT2D eigenvalue weighted by atomic mass is 16.5. The van der Waals surface area contributed by atoms with Gasteiger partial charge in [0.15, 0.2) is 11.5 Å². The summed E-state index contributed by atoms with van der Waals surface area (Å²) in [4.78, 5) is 0. The molecule has 0 saturated heterocycles. The van der Waals surface area contributed by atoms with Gasteiger partial charge in [0, 0.05) is 0 Å². The number of ether oxygens (including phenoxy) is 1. The number of para-hydroxylation sites is 1. The van der Waals surface area contributed by atoms with Crippen LogP contribution in [0.3, 0.4) is 0 Å². The van der Waals surface area contributed by atoms with Gasteiger partial charge in [-0.15, -0.1) is 0 Å². The molecule has 0 heterocycles. The Hall–Kier alpha value is -1.38. The zero-order chi connectivity index (χ0) is 16.2. The standard InChI is InChI=1S/C19H32O3/c1-3-5-6-7-8-9-10-11-13-16(4-2)22-18-15-12-14-17(20)19(18)21/h12,14-16,20-21H,3-11,13H2,1-2H3. The monoisotopic (exact) mass is 308 g/mol. The topological polar surface area (TPSA) is 49.7 Å². The van der Waals surface area contributed by atoms with Gasteiger partial charge in [0.05, 0.1) is 6.10 Å². The van der Waals surface area contributed by atoms with Gasteiger partial charge in [-0.05, 0) is 31.4 Å². The molecule has 3 heteroatoms. The van der Waals surface area contributed by atoms with Crippen LogP contribution in [0.15, 0.2) is 18.2 Å². The molecule has 0 fully saturated rings. The fourth-order valence-corrected chi connectivity index (χ4v) is 2.64. The van der Waals surface area contributed by atoms with Gasteiger partial charge in [-0.3, -0.25) is 0 Å². The Morgan fingerprint density at radius 1 is 0.909 bits per heavy atom. The third-order valence-corrected chi connectivity index (χ3v) is 4.11. The summed E-state index contributed by atoms with van der Waals surface area (Å²) in [5.41, 5.74) is 0. The number of hydrogen-bond acceptors (Lipinski definition) is 3. The van der Waals surface area contributed by atoms with E-state index in [1.165, 1.54) is 51.0 Å². The third kappa shape index (κ3) is 7.06. The highest BCUT2D eigenvalue weighted by Gasteiger charge is 2.12. The number of rotatable bonds is 12. The van der Waals surface area contributed by atoms with Crippen LogP contribution in [0, 0.1) is 0 Å². The van der Waals surface area contributed by atoms with E-state index in [1.807, 2.05) is 0 Å². The van der Waals surface area contributed by atoms with Crippen molar-refractivity contribution in [2.75, 3.05) is 0 Å². The van der Waals surface area contributed by atoms with Gasteiger partial charge in [0.2, 0.25) is 5.75 Å². The lowest BCUT2D eigenvalue weighted by molar-refractivity contribution is 0.174. The van der Waals surface area contributed by atoms with E-state index in [9.17, 15) is 10.2 Å². The Balaban J connectivity index is 2.21. The molecule has 0 aliphatic carbocycles. The predicted octanol–water partition coefficient (Wildman–Crippen LogP) is 5.79. The molecule has 1 aromatic rings. The first-order valence-electron chi connectivity index (χ1n) is 8.86. The average Bonchev–Trinajstić information content (AvgIpc) is 2.52. The quantitative estimate of drug-likeness (QED) is 0.380. The lowest BCUT2D eigenvalue weighted by Gasteiger charge is -2.18. The predicted molar refractivity (Wildman–Crippen MR) is 91.7 cm³/mol. The first-order chi connectivity index (χ1) is 10.7. The molecular weight excluding hydrogens is 276 g/mol. The Morgan fingerprint density at radius 2 is 1.55 bits per heavy atom. The number of phenols is 2. The first kappa shape index (κ1) is 18.7. The number of phenolic OH excluding ortho intramolecular Hbond substituents is 2. The summed E-state index contributed by atoms with van der Waals surface area (Å²) in [7, 11) is 0. The molecule has 2 N–H and O–H groups in total. The van der Waals surface area contributed by atoms with Crippen LogP contribution in [0.4, 0.5) is 0 Å². The van der Waals surface area contributed by atoms with Crippen LogP contribution in [0.1, 0.15) is 78.1 Å². The molecular formula is C19H32O3. The summed E-state index contributed by atoms with van der Waals surface area (Å²) in [6.45, 7) is 4.34. The molecule has 0 aliphatic rings. The normalized spacial score (nSPS) is 12.3. The number of hydrogen-bond donors (Lipinski definition) is 2. The van der Waals surface area contributed by atoms with Gasteiger partial charge >= 0.3 is 0 Å². The molecule has 0 bridgehead atoms.